The maximum absolute atomic E-state index is 11.1. The van der Waals surface area contributed by atoms with Gasteiger partial charge in [-0.05, 0) is 43.2 Å². The minimum absolute atomic E-state index is 0.290. The Balaban J connectivity index is 2.00. The van der Waals surface area contributed by atoms with Gasteiger partial charge in [0.2, 0.25) is 0 Å². The molecule has 1 aliphatic carbocycles. The van der Waals surface area contributed by atoms with Crippen LogP contribution in [0.4, 0.5) is 0 Å². The van der Waals surface area contributed by atoms with Gasteiger partial charge in [-0.15, -0.1) is 0 Å². The third-order valence-corrected chi connectivity index (χ3v) is 4.29. The molecule has 0 aromatic carbocycles. The van der Waals surface area contributed by atoms with Crippen LogP contribution in [0.15, 0.2) is 16.8 Å². The minimum atomic E-state index is -0.716. The van der Waals surface area contributed by atoms with Gasteiger partial charge in [0.15, 0.2) is 5.82 Å². The zero-order valence-corrected chi connectivity index (χ0v) is 11.4. The Morgan fingerprint density at radius 1 is 1.47 bits per heavy atom. The fraction of sp³-hybridized carbons (Fsp3) is 0.357. The summed E-state index contributed by atoms with van der Waals surface area (Å²) in [6.45, 7) is 1.95. The second kappa shape index (κ2) is 4.74. The molecular formula is C14H14N2O2S. The van der Waals surface area contributed by atoms with Crippen molar-refractivity contribution in [1.82, 2.24) is 9.97 Å². The minimum Gasteiger partial charge on any atom is -0.481 e. The highest BCUT2D eigenvalue weighted by Crippen LogP contribution is 2.28. The van der Waals surface area contributed by atoms with Crippen LogP contribution in [0.2, 0.25) is 0 Å². The van der Waals surface area contributed by atoms with Crippen LogP contribution in [0.3, 0.4) is 0 Å². The molecule has 2 aromatic heterocycles. The SMILES string of the molecule is Cc1nc(-c2ccsc2)nc2c1CC(C(=O)O)CC2. The lowest BCUT2D eigenvalue weighted by molar-refractivity contribution is -0.142. The fourth-order valence-electron chi connectivity index (χ4n) is 2.52. The van der Waals surface area contributed by atoms with Crippen molar-refractivity contribution in [1.29, 1.82) is 0 Å². The molecule has 0 bridgehead atoms. The first-order valence-corrected chi connectivity index (χ1v) is 7.21. The summed E-state index contributed by atoms with van der Waals surface area (Å²) in [5.41, 5.74) is 4.00. The van der Waals surface area contributed by atoms with Crippen molar-refractivity contribution in [3.8, 4) is 11.4 Å². The smallest absolute Gasteiger partial charge is 0.306 e. The number of aryl methyl sites for hydroxylation is 2. The maximum atomic E-state index is 11.1. The Bertz CT molecular complexity index is 623. The monoisotopic (exact) mass is 274 g/mol. The molecule has 0 radical (unpaired) electrons. The number of aliphatic carboxylic acids is 1. The molecule has 98 valence electrons. The lowest BCUT2D eigenvalue weighted by Gasteiger charge is -2.22. The molecule has 1 N–H and O–H groups in total. The van der Waals surface area contributed by atoms with Crippen LogP contribution in [0.5, 0.6) is 0 Å². The largest absolute Gasteiger partial charge is 0.481 e. The van der Waals surface area contributed by atoms with E-state index in [-0.39, 0.29) is 5.92 Å². The normalized spacial score (nSPS) is 18.1. The lowest BCUT2D eigenvalue weighted by atomic mass is 9.86. The number of aromatic nitrogens is 2. The first-order valence-electron chi connectivity index (χ1n) is 6.27. The number of nitrogens with zero attached hydrogens (tertiary/aromatic N) is 2. The van der Waals surface area contributed by atoms with Crippen LogP contribution >= 0.6 is 11.3 Å². The van der Waals surface area contributed by atoms with Gasteiger partial charge in [-0.3, -0.25) is 4.79 Å². The van der Waals surface area contributed by atoms with Crippen molar-refractivity contribution in [3.63, 3.8) is 0 Å². The first kappa shape index (κ1) is 12.3. The lowest BCUT2D eigenvalue weighted by Crippen LogP contribution is -2.24. The standard InChI is InChI=1S/C14H14N2O2S/c1-8-11-6-9(14(17)18)2-3-12(11)16-13(15-8)10-4-5-19-7-10/h4-5,7,9H,2-3,6H2,1H3,(H,17,18). The van der Waals surface area contributed by atoms with E-state index in [1.807, 2.05) is 23.8 Å². The number of hydrogen-bond donors (Lipinski definition) is 1. The van der Waals surface area contributed by atoms with Crippen LogP contribution in [0.1, 0.15) is 23.4 Å². The van der Waals surface area contributed by atoms with Crippen LogP contribution in [-0.2, 0) is 17.6 Å². The van der Waals surface area contributed by atoms with Gasteiger partial charge < -0.3 is 5.11 Å². The Kier molecular flexibility index (Phi) is 3.06. The Labute approximate surface area is 115 Å². The number of fused-ring (bicyclic) bond motifs is 1. The Hall–Kier alpha value is -1.75. The van der Waals surface area contributed by atoms with E-state index in [9.17, 15) is 4.79 Å². The molecule has 4 nitrogen and oxygen atoms in total. The van der Waals surface area contributed by atoms with Gasteiger partial charge >= 0.3 is 5.97 Å². The first-order chi connectivity index (χ1) is 9.15. The van der Waals surface area contributed by atoms with Crippen LogP contribution in [0.25, 0.3) is 11.4 Å². The molecule has 0 saturated heterocycles. The van der Waals surface area contributed by atoms with Gasteiger partial charge in [-0.2, -0.15) is 11.3 Å². The molecule has 0 saturated carbocycles. The molecule has 0 amide bonds. The van der Waals surface area contributed by atoms with Crippen LogP contribution in [-0.4, -0.2) is 21.0 Å². The van der Waals surface area contributed by atoms with Crippen molar-refractivity contribution in [2.45, 2.75) is 26.2 Å². The van der Waals surface area contributed by atoms with Crippen LogP contribution in [0, 0.1) is 12.8 Å². The summed E-state index contributed by atoms with van der Waals surface area (Å²) in [6, 6.07) is 2.01. The number of rotatable bonds is 2. The maximum Gasteiger partial charge on any atom is 0.306 e. The molecule has 19 heavy (non-hydrogen) atoms. The van der Waals surface area contributed by atoms with Gasteiger partial charge in [0.1, 0.15) is 0 Å². The zero-order chi connectivity index (χ0) is 13.4. The summed E-state index contributed by atoms with van der Waals surface area (Å²) in [4.78, 5) is 20.2. The van der Waals surface area contributed by atoms with E-state index in [0.29, 0.717) is 12.8 Å². The summed E-state index contributed by atoms with van der Waals surface area (Å²) in [6.07, 6.45) is 1.95. The predicted molar refractivity (Wildman–Crippen MR) is 73.2 cm³/mol. The summed E-state index contributed by atoms with van der Waals surface area (Å²) in [5.74, 6) is -0.250. The fourth-order valence-corrected chi connectivity index (χ4v) is 3.15. The molecule has 0 fully saturated rings. The molecule has 5 heteroatoms. The number of carboxylic acid groups (broad SMARTS) is 1. The zero-order valence-electron chi connectivity index (χ0n) is 10.6. The van der Waals surface area contributed by atoms with Crippen molar-refractivity contribution < 1.29 is 9.90 Å². The summed E-state index contributed by atoms with van der Waals surface area (Å²) in [5, 5.41) is 13.2. The van der Waals surface area contributed by atoms with Gasteiger partial charge in [0.05, 0.1) is 5.92 Å². The highest BCUT2D eigenvalue weighted by molar-refractivity contribution is 7.08. The van der Waals surface area contributed by atoms with E-state index in [2.05, 4.69) is 9.97 Å². The van der Waals surface area contributed by atoms with Crippen molar-refractivity contribution in [3.05, 3.63) is 33.8 Å². The third kappa shape index (κ3) is 2.26. The molecule has 1 aliphatic rings. The topological polar surface area (TPSA) is 63.1 Å². The summed E-state index contributed by atoms with van der Waals surface area (Å²) < 4.78 is 0. The van der Waals surface area contributed by atoms with Gasteiger partial charge in [0, 0.05) is 22.3 Å². The quantitative estimate of drug-likeness (QED) is 0.914. The second-order valence-electron chi connectivity index (χ2n) is 4.85. The van der Waals surface area contributed by atoms with E-state index in [0.717, 1.165) is 34.8 Å². The van der Waals surface area contributed by atoms with E-state index in [1.54, 1.807) is 11.3 Å². The molecule has 0 spiro atoms. The number of thiophene rings is 1. The molecule has 1 atom stereocenters. The number of carboxylic acids is 1. The molecule has 2 aromatic rings. The second-order valence-corrected chi connectivity index (χ2v) is 5.63. The van der Waals surface area contributed by atoms with Crippen molar-refractivity contribution in [2.75, 3.05) is 0 Å². The van der Waals surface area contributed by atoms with Crippen molar-refractivity contribution >= 4 is 17.3 Å². The molecule has 0 aliphatic heterocycles. The molecule has 3 rings (SSSR count). The third-order valence-electron chi connectivity index (χ3n) is 3.61. The van der Waals surface area contributed by atoms with E-state index < -0.39 is 5.97 Å². The molecule has 1 unspecified atom stereocenters. The summed E-state index contributed by atoms with van der Waals surface area (Å²) >= 11 is 1.62. The average Bonchev–Trinajstić information content (AvgIpc) is 2.92. The summed E-state index contributed by atoms with van der Waals surface area (Å²) in [7, 11) is 0. The Morgan fingerprint density at radius 3 is 3.00 bits per heavy atom. The Morgan fingerprint density at radius 2 is 2.32 bits per heavy atom. The average molecular weight is 274 g/mol. The van der Waals surface area contributed by atoms with Crippen molar-refractivity contribution in [2.24, 2.45) is 5.92 Å². The molecule has 2 heterocycles. The highest BCUT2D eigenvalue weighted by atomic mass is 32.1. The van der Waals surface area contributed by atoms with E-state index in [1.165, 1.54) is 0 Å². The molecular weight excluding hydrogens is 260 g/mol. The highest BCUT2D eigenvalue weighted by Gasteiger charge is 2.27. The number of carbonyl (C=O) groups is 1. The van der Waals surface area contributed by atoms with Gasteiger partial charge in [-0.1, -0.05) is 0 Å². The van der Waals surface area contributed by atoms with E-state index in [4.69, 9.17) is 5.11 Å². The van der Waals surface area contributed by atoms with Gasteiger partial charge in [0.25, 0.3) is 0 Å². The van der Waals surface area contributed by atoms with E-state index >= 15 is 0 Å². The predicted octanol–water partition coefficient (Wildman–Crippen LogP) is 2.70. The number of hydrogen-bond acceptors (Lipinski definition) is 4. The van der Waals surface area contributed by atoms with Gasteiger partial charge in [-0.25, -0.2) is 9.97 Å². The van der Waals surface area contributed by atoms with Crippen LogP contribution < -0.4 is 0 Å².